The van der Waals surface area contributed by atoms with Gasteiger partial charge in [0.1, 0.15) is 11.4 Å². The van der Waals surface area contributed by atoms with Gasteiger partial charge in [-0.15, -0.1) is 0 Å². The lowest BCUT2D eigenvalue weighted by atomic mass is 9.97. The van der Waals surface area contributed by atoms with Crippen molar-refractivity contribution in [2.45, 2.75) is 59.5 Å². The Morgan fingerprint density at radius 1 is 1.26 bits per heavy atom. The molecule has 1 aromatic rings. The maximum Gasteiger partial charge on any atom is 0.120 e. The predicted octanol–water partition coefficient (Wildman–Crippen LogP) is 4.28. The zero-order chi connectivity index (χ0) is 14.5. The standard InChI is InChI=1S/C17H29NO/c1-7-17(6,12-18-8-2)19-15-9-10-16(13(3)4)14(5)11-15/h9-11,13,18H,7-8,12H2,1-6H3. The first-order chi connectivity index (χ1) is 8.91. The number of ether oxygens (including phenoxy) is 1. The van der Waals surface area contributed by atoms with Gasteiger partial charge in [0.25, 0.3) is 0 Å². The van der Waals surface area contributed by atoms with Crippen LogP contribution in [0.25, 0.3) is 0 Å². The van der Waals surface area contributed by atoms with Gasteiger partial charge in [0, 0.05) is 6.54 Å². The van der Waals surface area contributed by atoms with Crippen LogP contribution in [0.2, 0.25) is 0 Å². The van der Waals surface area contributed by atoms with Gasteiger partial charge in [0.15, 0.2) is 0 Å². The Balaban J connectivity index is 2.83. The maximum absolute atomic E-state index is 6.21. The summed E-state index contributed by atoms with van der Waals surface area (Å²) in [6.07, 6.45) is 0.991. The van der Waals surface area contributed by atoms with Crippen LogP contribution in [0.1, 0.15) is 58.1 Å². The number of aryl methyl sites for hydroxylation is 1. The summed E-state index contributed by atoms with van der Waals surface area (Å²) < 4.78 is 6.21. The molecular weight excluding hydrogens is 234 g/mol. The van der Waals surface area contributed by atoms with Gasteiger partial charge in [0.2, 0.25) is 0 Å². The first-order valence-corrected chi connectivity index (χ1v) is 7.42. The number of hydrogen-bond donors (Lipinski definition) is 1. The van der Waals surface area contributed by atoms with Gasteiger partial charge in [-0.2, -0.15) is 0 Å². The zero-order valence-corrected chi connectivity index (χ0v) is 13.3. The summed E-state index contributed by atoms with van der Waals surface area (Å²) in [5, 5.41) is 3.38. The number of likely N-dealkylation sites (N-methyl/N-ethyl adjacent to an activating group) is 1. The SMILES string of the molecule is CCNCC(C)(CC)Oc1ccc(C(C)C)c(C)c1. The predicted molar refractivity (Wildman–Crippen MR) is 83.1 cm³/mol. The van der Waals surface area contributed by atoms with E-state index >= 15 is 0 Å². The largest absolute Gasteiger partial charge is 0.486 e. The van der Waals surface area contributed by atoms with Crippen molar-refractivity contribution in [3.63, 3.8) is 0 Å². The molecular formula is C17H29NO. The van der Waals surface area contributed by atoms with Crippen molar-refractivity contribution in [3.8, 4) is 5.75 Å². The zero-order valence-electron chi connectivity index (χ0n) is 13.3. The monoisotopic (exact) mass is 263 g/mol. The average Bonchev–Trinajstić information content (AvgIpc) is 2.36. The van der Waals surface area contributed by atoms with Crippen LogP contribution in [0.5, 0.6) is 5.75 Å². The fraction of sp³-hybridized carbons (Fsp3) is 0.647. The Morgan fingerprint density at radius 3 is 2.42 bits per heavy atom. The topological polar surface area (TPSA) is 21.3 Å². The van der Waals surface area contributed by atoms with Crippen LogP contribution in [0.15, 0.2) is 18.2 Å². The minimum Gasteiger partial charge on any atom is -0.486 e. The van der Waals surface area contributed by atoms with Crippen molar-refractivity contribution >= 4 is 0 Å². The minimum atomic E-state index is -0.137. The second-order valence-electron chi connectivity index (χ2n) is 5.86. The van der Waals surface area contributed by atoms with Gasteiger partial charge in [0.05, 0.1) is 0 Å². The van der Waals surface area contributed by atoms with Crippen LogP contribution in [0.4, 0.5) is 0 Å². The van der Waals surface area contributed by atoms with Crippen molar-refractivity contribution in [2.75, 3.05) is 13.1 Å². The summed E-state index contributed by atoms with van der Waals surface area (Å²) in [4.78, 5) is 0. The quantitative estimate of drug-likeness (QED) is 0.793. The molecule has 2 nitrogen and oxygen atoms in total. The fourth-order valence-corrected chi connectivity index (χ4v) is 2.27. The molecule has 0 fully saturated rings. The van der Waals surface area contributed by atoms with Gasteiger partial charge in [-0.3, -0.25) is 0 Å². The van der Waals surface area contributed by atoms with E-state index in [1.54, 1.807) is 0 Å². The lowest BCUT2D eigenvalue weighted by molar-refractivity contribution is 0.0841. The molecule has 2 heteroatoms. The molecule has 0 spiro atoms. The Morgan fingerprint density at radius 2 is 1.95 bits per heavy atom. The van der Waals surface area contributed by atoms with E-state index in [9.17, 15) is 0 Å². The molecule has 0 bridgehead atoms. The molecule has 1 N–H and O–H groups in total. The number of hydrogen-bond acceptors (Lipinski definition) is 2. The van der Waals surface area contributed by atoms with E-state index in [-0.39, 0.29) is 5.60 Å². The highest BCUT2D eigenvalue weighted by molar-refractivity contribution is 5.36. The second kappa shape index (κ2) is 6.95. The van der Waals surface area contributed by atoms with Crippen molar-refractivity contribution in [1.29, 1.82) is 0 Å². The lowest BCUT2D eigenvalue weighted by Gasteiger charge is -2.30. The minimum absolute atomic E-state index is 0.137. The van der Waals surface area contributed by atoms with Crippen LogP contribution in [-0.2, 0) is 0 Å². The first-order valence-electron chi connectivity index (χ1n) is 7.42. The number of benzene rings is 1. The third-order valence-corrected chi connectivity index (χ3v) is 3.72. The first kappa shape index (κ1) is 16.0. The van der Waals surface area contributed by atoms with Crippen LogP contribution in [0, 0.1) is 6.92 Å². The van der Waals surface area contributed by atoms with E-state index in [0.29, 0.717) is 5.92 Å². The lowest BCUT2D eigenvalue weighted by Crippen LogP contribution is -2.42. The molecule has 0 saturated carbocycles. The smallest absolute Gasteiger partial charge is 0.120 e. The van der Waals surface area contributed by atoms with Gasteiger partial charge in [-0.05, 0) is 56.0 Å². The Kier molecular flexibility index (Phi) is 5.86. The van der Waals surface area contributed by atoms with Crippen molar-refractivity contribution < 1.29 is 4.74 Å². The highest BCUT2D eigenvalue weighted by Gasteiger charge is 2.23. The van der Waals surface area contributed by atoms with Crippen molar-refractivity contribution in [2.24, 2.45) is 0 Å². The molecule has 1 atom stereocenters. The molecule has 0 amide bonds. The molecule has 108 valence electrons. The van der Waals surface area contributed by atoms with Gasteiger partial charge in [-0.25, -0.2) is 0 Å². The van der Waals surface area contributed by atoms with Gasteiger partial charge < -0.3 is 10.1 Å². The third kappa shape index (κ3) is 4.54. The summed E-state index contributed by atoms with van der Waals surface area (Å²) in [5.74, 6) is 1.54. The number of rotatable bonds is 7. The molecule has 19 heavy (non-hydrogen) atoms. The van der Waals surface area contributed by atoms with Crippen molar-refractivity contribution in [1.82, 2.24) is 5.32 Å². The molecule has 0 heterocycles. The molecule has 1 aromatic carbocycles. The number of nitrogens with one attached hydrogen (secondary N) is 1. The summed E-state index contributed by atoms with van der Waals surface area (Å²) >= 11 is 0. The van der Waals surface area contributed by atoms with E-state index in [0.717, 1.165) is 25.3 Å². The average molecular weight is 263 g/mol. The van der Waals surface area contributed by atoms with Crippen LogP contribution >= 0.6 is 0 Å². The van der Waals surface area contributed by atoms with E-state index in [4.69, 9.17) is 4.74 Å². The Hall–Kier alpha value is -1.02. The summed E-state index contributed by atoms with van der Waals surface area (Å²) in [6, 6.07) is 6.45. The molecule has 0 radical (unpaired) electrons. The molecule has 0 aliphatic carbocycles. The highest BCUT2D eigenvalue weighted by atomic mass is 16.5. The van der Waals surface area contributed by atoms with Crippen molar-refractivity contribution in [3.05, 3.63) is 29.3 Å². The normalized spacial score (nSPS) is 14.5. The molecule has 1 unspecified atom stereocenters. The summed E-state index contributed by atoms with van der Waals surface area (Å²) in [5.41, 5.74) is 2.58. The van der Waals surface area contributed by atoms with Crippen LogP contribution < -0.4 is 10.1 Å². The van der Waals surface area contributed by atoms with E-state index in [2.05, 4.69) is 65.1 Å². The maximum atomic E-state index is 6.21. The Bertz CT molecular complexity index is 400. The molecule has 0 aromatic heterocycles. The molecule has 0 aliphatic heterocycles. The molecule has 0 saturated heterocycles. The van der Waals surface area contributed by atoms with Gasteiger partial charge >= 0.3 is 0 Å². The van der Waals surface area contributed by atoms with Crippen LogP contribution in [0.3, 0.4) is 0 Å². The summed E-state index contributed by atoms with van der Waals surface area (Å²) in [6.45, 7) is 14.9. The Labute approximate surface area is 118 Å². The van der Waals surface area contributed by atoms with E-state index < -0.39 is 0 Å². The second-order valence-corrected chi connectivity index (χ2v) is 5.86. The van der Waals surface area contributed by atoms with Crippen LogP contribution in [-0.4, -0.2) is 18.7 Å². The van der Waals surface area contributed by atoms with E-state index in [1.165, 1.54) is 11.1 Å². The highest BCUT2D eigenvalue weighted by Crippen LogP contribution is 2.26. The molecule has 0 aliphatic rings. The summed E-state index contributed by atoms with van der Waals surface area (Å²) in [7, 11) is 0. The fourth-order valence-electron chi connectivity index (χ4n) is 2.27. The van der Waals surface area contributed by atoms with E-state index in [1.807, 2.05) is 0 Å². The van der Waals surface area contributed by atoms with Gasteiger partial charge in [-0.1, -0.05) is 33.8 Å². The third-order valence-electron chi connectivity index (χ3n) is 3.72. The molecule has 1 rings (SSSR count).